The first-order valence-electron chi connectivity index (χ1n) is 6.18. The topological polar surface area (TPSA) is 49.8 Å². The third kappa shape index (κ3) is 2.95. The van der Waals surface area contributed by atoms with Gasteiger partial charge in [-0.05, 0) is 26.3 Å². The molecule has 0 aromatic carbocycles. The summed E-state index contributed by atoms with van der Waals surface area (Å²) in [5.41, 5.74) is 0. The Hall–Kier alpha value is -0.610. The summed E-state index contributed by atoms with van der Waals surface area (Å²) >= 11 is 0. The predicted molar refractivity (Wildman–Crippen MR) is 62.5 cm³/mol. The molecule has 1 saturated heterocycles. The van der Waals surface area contributed by atoms with Gasteiger partial charge in [0.1, 0.15) is 0 Å². The number of nitrogens with zero attached hydrogens (tertiary/aromatic N) is 1. The van der Waals surface area contributed by atoms with Crippen LogP contribution in [-0.4, -0.2) is 47.8 Å². The first kappa shape index (κ1) is 13.5. The number of ether oxygens (including phenoxy) is 1. The minimum Gasteiger partial charge on any atom is -0.481 e. The number of hydrogen-bond acceptors (Lipinski definition) is 3. The Morgan fingerprint density at radius 2 is 2.19 bits per heavy atom. The molecule has 3 atom stereocenters. The van der Waals surface area contributed by atoms with Crippen molar-refractivity contribution in [2.24, 2.45) is 5.92 Å². The van der Waals surface area contributed by atoms with Gasteiger partial charge in [-0.25, -0.2) is 0 Å². The van der Waals surface area contributed by atoms with E-state index in [-0.39, 0.29) is 12.0 Å². The van der Waals surface area contributed by atoms with Gasteiger partial charge in [-0.1, -0.05) is 13.8 Å². The summed E-state index contributed by atoms with van der Waals surface area (Å²) in [6, 6.07) is 0.473. The molecule has 0 radical (unpaired) electrons. The quantitative estimate of drug-likeness (QED) is 0.751. The third-order valence-corrected chi connectivity index (χ3v) is 3.43. The van der Waals surface area contributed by atoms with E-state index in [1.165, 1.54) is 0 Å². The van der Waals surface area contributed by atoms with Crippen molar-refractivity contribution < 1.29 is 14.6 Å². The van der Waals surface area contributed by atoms with Crippen molar-refractivity contribution in [3.05, 3.63) is 0 Å². The zero-order chi connectivity index (χ0) is 12.1. The lowest BCUT2D eigenvalue weighted by Gasteiger charge is -2.34. The van der Waals surface area contributed by atoms with Crippen LogP contribution >= 0.6 is 0 Å². The SMILES string of the molecule is CCCN(C(C)CC)C1COCC1C(=O)O. The highest BCUT2D eigenvalue weighted by Gasteiger charge is 2.38. The second-order valence-corrected chi connectivity index (χ2v) is 4.54. The summed E-state index contributed by atoms with van der Waals surface area (Å²) in [6.07, 6.45) is 2.09. The highest BCUT2D eigenvalue weighted by Crippen LogP contribution is 2.23. The van der Waals surface area contributed by atoms with E-state index in [1.807, 2.05) is 0 Å². The van der Waals surface area contributed by atoms with E-state index >= 15 is 0 Å². The van der Waals surface area contributed by atoms with Crippen LogP contribution in [0.5, 0.6) is 0 Å². The van der Waals surface area contributed by atoms with Gasteiger partial charge >= 0.3 is 5.97 Å². The van der Waals surface area contributed by atoms with Crippen LogP contribution in [0.2, 0.25) is 0 Å². The number of rotatable bonds is 6. The van der Waals surface area contributed by atoms with E-state index in [1.54, 1.807) is 0 Å². The van der Waals surface area contributed by atoms with Crippen LogP contribution in [0.3, 0.4) is 0 Å². The molecule has 1 fully saturated rings. The van der Waals surface area contributed by atoms with Gasteiger partial charge in [-0.3, -0.25) is 9.69 Å². The highest BCUT2D eigenvalue weighted by atomic mass is 16.5. The first-order valence-corrected chi connectivity index (χ1v) is 6.18. The smallest absolute Gasteiger partial charge is 0.310 e. The van der Waals surface area contributed by atoms with Crippen molar-refractivity contribution in [3.8, 4) is 0 Å². The Labute approximate surface area is 97.6 Å². The van der Waals surface area contributed by atoms with Gasteiger partial charge in [0, 0.05) is 12.1 Å². The molecule has 94 valence electrons. The Bertz CT molecular complexity index is 232. The van der Waals surface area contributed by atoms with Crippen molar-refractivity contribution >= 4 is 5.97 Å². The molecule has 0 aliphatic carbocycles. The summed E-state index contributed by atoms with van der Waals surface area (Å²) in [5, 5.41) is 9.15. The zero-order valence-corrected chi connectivity index (χ0v) is 10.5. The lowest BCUT2D eigenvalue weighted by atomic mass is 10.00. The molecule has 0 spiro atoms. The minimum atomic E-state index is -0.730. The van der Waals surface area contributed by atoms with Gasteiger partial charge in [0.25, 0.3) is 0 Å². The molecular formula is C12H23NO3. The summed E-state index contributed by atoms with van der Waals surface area (Å²) in [4.78, 5) is 13.4. The normalized spacial score (nSPS) is 27.2. The van der Waals surface area contributed by atoms with Crippen molar-refractivity contribution in [2.75, 3.05) is 19.8 Å². The molecule has 3 unspecified atom stereocenters. The van der Waals surface area contributed by atoms with E-state index in [9.17, 15) is 4.79 Å². The van der Waals surface area contributed by atoms with E-state index in [4.69, 9.17) is 9.84 Å². The Morgan fingerprint density at radius 3 is 2.69 bits per heavy atom. The summed E-state index contributed by atoms with van der Waals surface area (Å²) < 4.78 is 5.33. The van der Waals surface area contributed by atoms with Gasteiger partial charge in [-0.15, -0.1) is 0 Å². The first-order chi connectivity index (χ1) is 7.61. The van der Waals surface area contributed by atoms with Crippen molar-refractivity contribution in [2.45, 2.75) is 45.7 Å². The average molecular weight is 229 g/mol. The molecule has 1 rings (SSSR count). The van der Waals surface area contributed by atoms with Crippen molar-refractivity contribution in [1.29, 1.82) is 0 Å². The second-order valence-electron chi connectivity index (χ2n) is 4.54. The van der Waals surface area contributed by atoms with Crippen molar-refractivity contribution in [1.82, 2.24) is 4.90 Å². The molecule has 1 heterocycles. The number of carboxylic acids is 1. The number of hydrogen-bond donors (Lipinski definition) is 1. The summed E-state index contributed by atoms with van der Waals surface area (Å²) in [7, 11) is 0. The van der Waals surface area contributed by atoms with Gasteiger partial charge in [0.15, 0.2) is 0 Å². The van der Waals surface area contributed by atoms with Crippen LogP contribution in [0, 0.1) is 5.92 Å². The van der Waals surface area contributed by atoms with Crippen LogP contribution in [0.25, 0.3) is 0 Å². The molecule has 0 bridgehead atoms. The lowest BCUT2D eigenvalue weighted by molar-refractivity contribution is -0.143. The van der Waals surface area contributed by atoms with E-state index < -0.39 is 5.97 Å². The molecule has 4 nitrogen and oxygen atoms in total. The van der Waals surface area contributed by atoms with E-state index in [0.29, 0.717) is 19.3 Å². The second kappa shape index (κ2) is 6.21. The van der Waals surface area contributed by atoms with Crippen LogP contribution in [0.1, 0.15) is 33.6 Å². The largest absolute Gasteiger partial charge is 0.481 e. The maximum atomic E-state index is 11.1. The van der Waals surface area contributed by atoms with Crippen molar-refractivity contribution in [3.63, 3.8) is 0 Å². The highest BCUT2D eigenvalue weighted by molar-refractivity contribution is 5.71. The summed E-state index contributed by atoms with van der Waals surface area (Å²) in [6.45, 7) is 8.29. The Morgan fingerprint density at radius 1 is 1.50 bits per heavy atom. The molecule has 0 aromatic heterocycles. The van der Waals surface area contributed by atoms with Gasteiger partial charge in [-0.2, -0.15) is 0 Å². The molecular weight excluding hydrogens is 206 g/mol. The van der Waals surface area contributed by atoms with Crippen LogP contribution < -0.4 is 0 Å². The average Bonchev–Trinajstić information content (AvgIpc) is 2.73. The molecule has 1 aliphatic heterocycles. The fourth-order valence-electron chi connectivity index (χ4n) is 2.31. The Balaban J connectivity index is 2.72. The molecule has 0 amide bonds. The molecule has 16 heavy (non-hydrogen) atoms. The third-order valence-electron chi connectivity index (χ3n) is 3.43. The number of carbonyl (C=O) groups is 1. The summed E-state index contributed by atoms with van der Waals surface area (Å²) in [5.74, 6) is -1.09. The van der Waals surface area contributed by atoms with Crippen LogP contribution in [0.4, 0.5) is 0 Å². The van der Waals surface area contributed by atoms with E-state index in [0.717, 1.165) is 19.4 Å². The monoisotopic (exact) mass is 229 g/mol. The predicted octanol–water partition coefficient (Wildman–Crippen LogP) is 1.60. The molecule has 1 N–H and O–H groups in total. The maximum Gasteiger partial charge on any atom is 0.310 e. The zero-order valence-electron chi connectivity index (χ0n) is 10.5. The van der Waals surface area contributed by atoms with Gasteiger partial charge < -0.3 is 9.84 Å². The van der Waals surface area contributed by atoms with Gasteiger partial charge in [0.2, 0.25) is 0 Å². The fraction of sp³-hybridized carbons (Fsp3) is 0.917. The Kier molecular flexibility index (Phi) is 5.22. The number of carboxylic acid groups (broad SMARTS) is 1. The van der Waals surface area contributed by atoms with Crippen LogP contribution in [-0.2, 0) is 9.53 Å². The fourth-order valence-corrected chi connectivity index (χ4v) is 2.31. The molecule has 0 aromatic rings. The van der Waals surface area contributed by atoms with Gasteiger partial charge in [0.05, 0.1) is 19.1 Å². The molecule has 0 saturated carbocycles. The minimum absolute atomic E-state index is 0.0485. The van der Waals surface area contributed by atoms with Crippen LogP contribution in [0.15, 0.2) is 0 Å². The van der Waals surface area contributed by atoms with E-state index in [2.05, 4.69) is 25.7 Å². The molecule has 1 aliphatic rings. The lowest BCUT2D eigenvalue weighted by Crippen LogP contribution is -2.47. The standard InChI is InChI=1S/C12H23NO3/c1-4-6-13(9(3)5-2)11-8-16-7-10(11)12(14)15/h9-11H,4-8H2,1-3H3,(H,14,15). The molecule has 4 heteroatoms. The number of aliphatic carboxylic acids is 1. The maximum absolute atomic E-state index is 11.1.